The van der Waals surface area contributed by atoms with Crippen molar-refractivity contribution in [2.24, 2.45) is 16.4 Å². The molecule has 2 fully saturated rings. The standard InChI is InChI=1S/C23H32ClN3O/c1-4-5-14-27-20(16-6-8-18(24)9-7-16)15-19(26-27)21(28)25-23(3)17-10-12-22(23,2)13-11-17/h6-9,17,20H,4-5,10-15H2,1-3H3,(H,25,28)/t17-,20?,22+,23?. The van der Waals surface area contributed by atoms with Gasteiger partial charge in [-0.05, 0) is 68.1 Å². The molecule has 0 radical (unpaired) electrons. The highest BCUT2D eigenvalue weighted by Gasteiger charge is 2.59. The Morgan fingerprint density at radius 3 is 2.50 bits per heavy atom. The third kappa shape index (κ3) is 3.24. The Morgan fingerprint density at radius 2 is 1.93 bits per heavy atom. The third-order valence-electron chi connectivity index (χ3n) is 7.79. The quantitative estimate of drug-likeness (QED) is 0.700. The summed E-state index contributed by atoms with van der Waals surface area (Å²) in [6.45, 7) is 7.66. The van der Waals surface area contributed by atoms with Crippen molar-refractivity contribution in [3.05, 3.63) is 34.9 Å². The number of unbranched alkanes of at least 4 members (excludes halogenated alkanes) is 1. The first-order valence-electron chi connectivity index (χ1n) is 10.8. The molecule has 1 aliphatic heterocycles. The van der Waals surface area contributed by atoms with Crippen molar-refractivity contribution in [3.8, 4) is 0 Å². The van der Waals surface area contributed by atoms with E-state index in [1.807, 2.05) is 12.1 Å². The van der Waals surface area contributed by atoms with Crippen molar-refractivity contribution in [1.82, 2.24) is 10.3 Å². The van der Waals surface area contributed by atoms with E-state index in [4.69, 9.17) is 16.7 Å². The lowest BCUT2D eigenvalue weighted by molar-refractivity contribution is -0.117. The maximum Gasteiger partial charge on any atom is 0.268 e. The van der Waals surface area contributed by atoms with Gasteiger partial charge in [-0.25, -0.2) is 0 Å². The molecule has 1 aromatic carbocycles. The van der Waals surface area contributed by atoms with Crippen molar-refractivity contribution in [3.63, 3.8) is 0 Å². The van der Waals surface area contributed by atoms with E-state index in [0.717, 1.165) is 24.4 Å². The van der Waals surface area contributed by atoms with Gasteiger partial charge < -0.3 is 5.32 Å². The van der Waals surface area contributed by atoms with E-state index in [-0.39, 0.29) is 22.9 Å². The number of benzene rings is 1. The first-order chi connectivity index (χ1) is 13.4. The lowest BCUT2D eigenvalue weighted by atomic mass is 9.76. The van der Waals surface area contributed by atoms with Gasteiger partial charge in [0.15, 0.2) is 0 Å². The largest absolute Gasteiger partial charge is 0.345 e. The maximum atomic E-state index is 13.2. The molecule has 5 heteroatoms. The predicted octanol–water partition coefficient (Wildman–Crippen LogP) is 5.33. The molecule has 2 bridgehead atoms. The molecule has 1 N–H and O–H groups in total. The van der Waals surface area contributed by atoms with Gasteiger partial charge in [0.2, 0.25) is 0 Å². The Labute approximate surface area is 173 Å². The van der Waals surface area contributed by atoms with E-state index in [1.165, 1.54) is 31.2 Å². The molecule has 0 aromatic heterocycles. The summed E-state index contributed by atoms with van der Waals surface area (Å²) in [5, 5.41) is 11.1. The van der Waals surface area contributed by atoms with Crippen LogP contribution in [0.25, 0.3) is 0 Å². The lowest BCUT2D eigenvalue weighted by Crippen LogP contribution is -2.55. The minimum Gasteiger partial charge on any atom is -0.345 e. The van der Waals surface area contributed by atoms with Crippen molar-refractivity contribution < 1.29 is 4.79 Å². The SMILES string of the molecule is CCCCN1N=C(C(=O)NC2(C)[C@H]3CC[C@]2(C)CC3)CC1c1ccc(Cl)cc1. The van der Waals surface area contributed by atoms with E-state index in [2.05, 4.69) is 43.2 Å². The number of amides is 1. The summed E-state index contributed by atoms with van der Waals surface area (Å²) in [6, 6.07) is 8.08. The Morgan fingerprint density at radius 1 is 1.25 bits per heavy atom. The smallest absolute Gasteiger partial charge is 0.268 e. The van der Waals surface area contributed by atoms with Crippen molar-refractivity contribution in [2.75, 3.05) is 6.54 Å². The van der Waals surface area contributed by atoms with Gasteiger partial charge in [-0.1, -0.05) is 44.0 Å². The Bertz CT molecular complexity index is 767. The van der Waals surface area contributed by atoms with Gasteiger partial charge in [-0.15, -0.1) is 0 Å². The zero-order valence-corrected chi connectivity index (χ0v) is 18.1. The van der Waals surface area contributed by atoms with E-state index < -0.39 is 0 Å². The van der Waals surface area contributed by atoms with Crippen LogP contribution in [0, 0.1) is 11.3 Å². The van der Waals surface area contributed by atoms with Crippen LogP contribution in [-0.4, -0.2) is 28.7 Å². The zero-order valence-electron chi connectivity index (χ0n) is 17.3. The first-order valence-corrected chi connectivity index (χ1v) is 11.2. The second-order valence-electron chi connectivity index (χ2n) is 9.33. The van der Waals surface area contributed by atoms with Gasteiger partial charge in [0.25, 0.3) is 5.91 Å². The molecule has 2 aliphatic carbocycles. The second kappa shape index (κ2) is 7.37. The average Bonchev–Trinajstić information content (AvgIpc) is 3.28. The van der Waals surface area contributed by atoms with Crippen LogP contribution in [0.1, 0.15) is 77.3 Å². The predicted molar refractivity (Wildman–Crippen MR) is 114 cm³/mol. The second-order valence-corrected chi connectivity index (χ2v) is 9.76. The van der Waals surface area contributed by atoms with Crippen molar-refractivity contribution in [2.45, 2.75) is 77.3 Å². The molecule has 2 atom stereocenters. The van der Waals surface area contributed by atoms with Gasteiger partial charge in [0, 0.05) is 23.5 Å². The first kappa shape index (κ1) is 19.8. The average molecular weight is 402 g/mol. The van der Waals surface area contributed by atoms with Gasteiger partial charge in [0.1, 0.15) is 5.71 Å². The molecule has 0 spiro atoms. The lowest BCUT2D eigenvalue weighted by Gasteiger charge is -2.39. The zero-order chi connectivity index (χ0) is 19.9. The molecule has 2 saturated carbocycles. The Kier molecular flexibility index (Phi) is 5.20. The van der Waals surface area contributed by atoms with Gasteiger partial charge in [-0.3, -0.25) is 9.80 Å². The monoisotopic (exact) mass is 401 g/mol. The van der Waals surface area contributed by atoms with Crippen LogP contribution in [0.5, 0.6) is 0 Å². The van der Waals surface area contributed by atoms with Crippen LogP contribution in [0.2, 0.25) is 5.02 Å². The Hall–Kier alpha value is -1.55. The van der Waals surface area contributed by atoms with E-state index in [1.54, 1.807) is 0 Å². The molecule has 1 aromatic rings. The summed E-state index contributed by atoms with van der Waals surface area (Å²) in [6.07, 6.45) is 7.74. The number of fused-ring (bicyclic) bond motifs is 2. The number of nitrogens with zero attached hydrogens (tertiary/aromatic N) is 2. The third-order valence-corrected chi connectivity index (χ3v) is 8.04. The van der Waals surface area contributed by atoms with Crippen LogP contribution in [0.4, 0.5) is 0 Å². The highest BCUT2D eigenvalue weighted by Crippen LogP contribution is 2.60. The van der Waals surface area contributed by atoms with Crippen LogP contribution >= 0.6 is 11.6 Å². The molecular formula is C23H32ClN3O. The van der Waals surface area contributed by atoms with Gasteiger partial charge in [0.05, 0.1) is 6.04 Å². The summed E-state index contributed by atoms with van der Waals surface area (Å²) >= 11 is 6.07. The summed E-state index contributed by atoms with van der Waals surface area (Å²) in [5.74, 6) is 0.632. The number of hydrogen-bond acceptors (Lipinski definition) is 3. The molecule has 28 heavy (non-hydrogen) atoms. The number of hydrogen-bond donors (Lipinski definition) is 1. The van der Waals surface area contributed by atoms with Crippen molar-refractivity contribution >= 4 is 23.2 Å². The molecule has 2 unspecified atom stereocenters. The van der Waals surface area contributed by atoms with Crippen LogP contribution < -0.4 is 5.32 Å². The fraction of sp³-hybridized carbons (Fsp3) is 0.652. The van der Waals surface area contributed by atoms with E-state index in [9.17, 15) is 4.79 Å². The van der Waals surface area contributed by atoms with E-state index in [0.29, 0.717) is 18.1 Å². The number of carbonyl (C=O) groups is 1. The van der Waals surface area contributed by atoms with Gasteiger partial charge >= 0.3 is 0 Å². The fourth-order valence-electron chi connectivity index (χ4n) is 5.60. The Balaban J connectivity index is 1.52. The molecule has 0 saturated heterocycles. The van der Waals surface area contributed by atoms with Gasteiger partial charge in [-0.2, -0.15) is 5.10 Å². The number of nitrogens with one attached hydrogen (secondary N) is 1. The molecule has 1 heterocycles. The minimum absolute atomic E-state index is 0.0282. The number of carbonyl (C=O) groups excluding carboxylic acids is 1. The highest BCUT2D eigenvalue weighted by molar-refractivity contribution is 6.39. The summed E-state index contributed by atoms with van der Waals surface area (Å²) in [4.78, 5) is 13.2. The summed E-state index contributed by atoms with van der Waals surface area (Å²) in [7, 11) is 0. The number of halogens is 1. The number of rotatable bonds is 6. The normalized spacial score (nSPS) is 34.0. The maximum absolute atomic E-state index is 13.2. The fourth-order valence-corrected chi connectivity index (χ4v) is 5.72. The molecule has 152 valence electrons. The van der Waals surface area contributed by atoms with Crippen LogP contribution in [0.3, 0.4) is 0 Å². The summed E-state index contributed by atoms with van der Waals surface area (Å²) < 4.78 is 0. The van der Waals surface area contributed by atoms with E-state index >= 15 is 0 Å². The molecule has 1 amide bonds. The molecular weight excluding hydrogens is 370 g/mol. The van der Waals surface area contributed by atoms with Crippen LogP contribution in [0.15, 0.2) is 29.4 Å². The molecule has 3 aliphatic rings. The number of hydrazone groups is 1. The molecule has 4 rings (SSSR count). The van der Waals surface area contributed by atoms with Crippen molar-refractivity contribution in [1.29, 1.82) is 0 Å². The molecule has 4 nitrogen and oxygen atoms in total. The topological polar surface area (TPSA) is 44.7 Å². The minimum atomic E-state index is -0.0980. The summed E-state index contributed by atoms with van der Waals surface area (Å²) in [5.41, 5.74) is 1.97. The highest BCUT2D eigenvalue weighted by atomic mass is 35.5. The van der Waals surface area contributed by atoms with Crippen LogP contribution in [-0.2, 0) is 4.79 Å².